The summed E-state index contributed by atoms with van der Waals surface area (Å²) in [7, 11) is 0. The molecule has 1 saturated heterocycles. The van der Waals surface area contributed by atoms with Crippen LogP contribution in [0.1, 0.15) is 25.0 Å². The van der Waals surface area contributed by atoms with E-state index in [1.54, 1.807) is 0 Å². The number of piperazine rings is 1. The first kappa shape index (κ1) is 11.6. The van der Waals surface area contributed by atoms with Gasteiger partial charge in [-0.1, -0.05) is 29.8 Å². The third kappa shape index (κ3) is 3.06. The van der Waals surface area contributed by atoms with Gasteiger partial charge in [0.15, 0.2) is 0 Å². The Labute approximate surface area is 98.7 Å². The number of hydrogen-bond donors (Lipinski definition) is 1. The van der Waals surface area contributed by atoms with Crippen molar-refractivity contribution in [1.29, 1.82) is 0 Å². The molecule has 2 heteroatoms. The molecule has 88 valence electrons. The highest BCUT2D eigenvalue weighted by atomic mass is 15.2. The first-order valence-corrected chi connectivity index (χ1v) is 6.08. The zero-order valence-corrected chi connectivity index (χ0v) is 10.6. The molecule has 1 aromatic rings. The number of benzene rings is 1. The molecule has 0 atom stereocenters. The molecule has 0 unspecified atom stereocenters. The summed E-state index contributed by atoms with van der Waals surface area (Å²) in [5.74, 6) is 0. The molecule has 0 radical (unpaired) electrons. The van der Waals surface area contributed by atoms with Crippen LogP contribution in [0.2, 0.25) is 0 Å². The number of nitrogens with one attached hydrogen (secondary N) is 1. The molecule has 1 aromatic carbocycles. The topological polar surface area (TPSA) is 15.3 Å². The monoisotopic (exact) mass is 218 g/mol. The van der Waals surface area contributed by atoms with Crippen LogP contribution in [0, 0.1) is 6.92 Å². The second kappa shape index (κ2) is 4.56. The molecule has 0 amide bonds. The van der Waals surface area contributed by atoms with Gasteiger partial charge in [0.1, 0.15) is 0 Å². The van der Waals surface area contributed by atoms with Crippen molar-refractivity contribution in [2.45, 2.75) is 32.9 Å². The smallest absolute Gasteiger partial charge is 0.0252 e. The first-order chi connectivity index (χ1) is 7.55. The molecule has 2 nitrogen and oxygen atoms in total. The van der Waals surface area contributed by atoms with Crippen molar-refractivity contribution < 1.29 is 0 Å². The van der Waals surface area contributed by atoms with Gasteiger partial charge in [0.25, 0.3) is 0 Å². The summed E-state index contributed by atoms with van der Waals surface area (Å²) in [5.41, 5.74) is 3.01. The fourth-order valence-corrected chi connectivity index (χ4v) is 2.33. The third-order valence-corrected chi connectivity index (χ3v) is 3.18. The lowest BCUT2D eigenvalue weighted by Crippen LogP contribution is -2.56. The van der Waals surface area contributed by atoms with Gasteiger partial charge in [0.05, 0.1) is 0 Å². The molecular formula is C14H22N2. The molecule has 2 rings (SSSR count). The third-order valence-electron chi connectivity index (χ3n) is 3.18. The van der Waals surface area contributed by atoms with Crippen molar-refractivity contribution in [3.05, 3.63) is 35.4 Å². The average Bonchev–Trinajstić information content (AvgIpc) is 2.20. The number of hydrogen-bond acceptors (Lipinski definition) is 2. The second-order valence-corrected chi connectivity index (χ2v) is 5.51. The average molecular weight is 218 g/mol. The van der Waals surface area contributed by atoms with Crippen LogP contribution in [0.3, 0.4) is 0 Å². The van der Waals surface area contributed by atoms with Gasteiger partial charge < -0.3 is 5.32 Å². The van der Waals surface area contributed by atoms with Gasteiger partial charge in [0.2, 0.25) is 0 Å². The molecule has 0 aromatic heterocycles. The molecule has 1 fully saturated rings. The van der Waals surface area contributed by atoms with Crippen LogP contribution in [0.4, 0.5) is 0 Å². The molecule has 1 heterocycles. The fraction of sp³-hybridized carbons (Fsp3) is 0.571. The minimum atomic E-state index is 0.253. The van der Waals surface area contributed by atoms with Crippen LogP contribution < -0.4 is 5.32 Å². The fourth-order valence-electron chi connectivity index (χ4n) is 2.33. The number of rotatable bonds is 2. The highest BCUT2D eigenvalue weighted by Gasteiger charge is 2.25. The summed E-state index contributed by atoms with van der Waals surface area (Å²) >= 11 is 0. The minimum Gasteiger partial charge on any atom is -0.309 e. The maximum Gasteiger partial charge on any atom is 0.0252 e. The lowest BCUT2D eigenvalue weighted by molar-refractivity contribution is 0.148. The zero-order valence-electron chi connectivity index (χ0n) is 10.6. The summed E-state index contributed by atoms with van der Waals surface area (Å²) in [4.78, 5) is 2.53. The number of aryl methyl sites for hydroxylation is 1. The molecule has 0 spiro atoms. The van der Waals surface area contributed by atoms with E-state index in [2.05, 4.69) is 55.3 Å². The van der Waals surface area contributed by atoms with Gasteiger partial charge >= 0.3 is 0 Å². The highest BCUT2D eigenvalue weighted by Crippen LogP contribution is 2.13. The van der Waals surface area contributed by atoms with Crippen molar-refractivity contribution in [3.63, 3.8) is 0 Å². The predicted octanol–water partition coefficient (Wildman–Crippen LogP) is 2.18. The van der Waals surface area contributed by atoms with Crippen molar-refractivity contribution in [1.82, 2.24) is 10.2 Å². The van der Waals surface area contributed by atoms with E-state index in [0.717, 1.165) is 26.2 Å². The standard InChI is InChI=1S/C14H22N2/c1-12-4-6-13(7-5-12)10-16-9-8-15-14(2,3)11-16/h4-7,15H,8-11H2,1-3H3. The highest BCUT2D eigenvalue weighted by molar-refractivity contribution is 5.21. The molecule has 1 aliphatic rings. The van der Waals surface area contributed by atoms with E-state index >= 15 is 0 Å². The van der Waals surface area contributed by atoms with Gasteiger partial charge in [-0.3, -0.25) is 4.90 Å². The van der Waals surface area contributed by atoms with Crippen molar-refractivity contribution in [2.24, 2.45) is 0 Å². The van der Waals surface area contributed by atoms with E-state index in [9.17, 15) is 0 Å². The molecule has 0 saturated carbocycles. The van der Waals surface area contributed by atoms with Crippen LogP contribution in [-0.4, -0.2) is 30.1 Å². The molecular weight excluding hydrogens is 196 g/mol. The Balaban J connectivity index is 1.97. The lowest BCUT2D eigenvalue weighted by atomic mass is 10.0. The van der Waals surface area contributed by atoms with Crippen LogP contribution in [0.15, 0.2) is 24.3 Å². The van der Waals surface area contributed by atoms with E-state index in [4.69, 9.17) is 0 Å². The Hall–Kier alpha value is -0.860. The molecule has 1 aliphatic heterocycles. The summed E-state index contributed by atoms with van der Waals surface area (Å²) in [6, 6.07) is 8.88. The molecule has 16 heavy (non-hydrogen) atoms. The maximum absolute atomic E-state index is 3.54. The Kier molecular flexibility index (Phi) is 3.31. The van der Waals surface area contributed by atoms with Gasteiger partial charge in [-0.2, -0.15) is 0 Å². The maximum atomic E-state index is 3.54. The van der Waals surface area contributed by atoms with Crippen LogP contribution >= 0.6 is 0 Å². The van der Waals surface area contributed by atoms with E-state index in [0.29, 0.717) is 0 Å². The largest absolute Gasteiger partial charge is 0.309 e. The Morgan fingerprint density at radius 3 is 2.56 bits per heavy atom. The zero-order chi connectivity index (χ0) is 11.6. The van der Waals surface area contributed by atoms with Gasteiger partial charge in [0, 0.05) is 31.7 Å². The minimum absolute atomic E-state index is 0.253. The Morgan fingerprint density at radius 1 is 1.25 bits per heavy atom. The second-order valence-electron chi connectivity index (χ2n) is 5.51. The molecule has 1 N–H and O–H groups in total. The molecule has 0 aliphatic carbocycles. The van der Waals surface area contributed by atoms with E-state index in [1.807, 2.05) is 0 Å². The van der Waals surface area contributed by atoms with E-state index in [-0.39, 0.29) is 5.54 Å². The lowest BCUT2D eigenvalue weighted by Gasteiger charge is -2.39. The van der Waals surface area contributed by atoms with Crippen molar-refractivity contribution >= 4 is 0 Å². The van der Waals surface area contributed by atoms with E-state index in [1.165, 1.54) is 11.1 Å². The molecule has 0 bridgehead atoms. The number of nitrogens with zero attached hydrogens (tertiary/aromatic N) is 1. The van der Waals surface area contributed by atoms with Crippen LogP contribution in [-0.2, 0) is 6.54 Å². The Morgan fingerprint density at radius 2 is 1.94 bits per heavy atom. The summed E-state index contributed by atoms with van der Waals surface area (Å²) < 4.78 is 0. The van der Waals surface area contributed by atoms with Crippen LogP contribution in [0.5, 0.6) is 0 Å². The van der Waals surface area contributed by atoms with Crippen molar-refractivity contribution in [3.8, 4) is 0 Å². The summed E-state index contributed by atoms with van der Waals surface area (Å²) in [5, 5.41) is 3.54. The first-order valence-electron chi connectivity index (χ1n) is 6.08. The van der Waals surface area contributed by atoms with Gasteiger partial charge in [-0.05, 0) is 26.3 Å². The van der Waals surface area contributed by atoms with Gasteiger partial charge in [-0.15, -0.1) is 0 Å². The van der Waals surface area contributed by atoms with Crippen LogP contribution in [0.25, 0.3) is 0 Å². The normalized spacial score (nSPS) is 20.9. The summed E-state index contributed by atoms with van der Waals surface area (Å²) in [6.07, 6.45) is 0. The summed E-state index contributed by atoms with van der Waals surface area (Å²) in [6.45, 7) is 11.1. The van der Waals surface area contributed by atoms with E-state index < -0.39 is 0 Å². The van der Waals surface area contributed by atoms with Crippen molar-refractivity contribution in [2.75, 3.05) is 19.6 Å². The quantitative estimate of drug-likeness (QED) is 0.818. The SMILES string of the molecule is Cc1ccc(CN2CCNC(C)(C)C2)cc1. The Bertz CT molecular complexity index is 340. The van der Waals surface area contributed by atoms with Gasteiger partial charge in [-0.25, -0.2) is 0 Å². The predicted molar refractivity (Wildman–Crippen MR) is 68.5 cm³/mol.